The molecule has 1 rings (SSSR count). The van der Waals surface area contributed by atoms with E-state index in [0.29, 0.717) is 0 Å². The molecule has 0 unspecified atom stereocenters. The van der Waals surface area contributed by atoms with Gasteiger partial charge in [-0.2, -0.15) is 0 Å². The number of carbonyl (C=O) groups is 1. The van der Waals surface area contributed by atoms with E-state index in [4.69, 9.17) is 5.73 Å². The summed E-state index contributed by atoms with van der Waals surface area (Å²) in [7, 11) is 0. The summed E-state index contributed by atoms with van der Waals surface area (Å²) in [6.07, 6.45) is 0. The first-order valence-corrected chi connectivity index (χ1v) is 4.31. The molecule has 0 bridgehead atoms. The summed E-state index contributed by atoms with van der Waals surface area (Å²) in [5.74, 6) is 0.167. The zero-order valence-corrected chi connectivity index (χ0v) is 8.45. The van der Waals surface area contributed by atoms with Crippen LogP contribution in [0.2, 0.25) is 0 Å². The molecule has 1 atom stereocenters. The first-order valence-electron chi connectivity index (χ1n) is 4.31. The van der Waals surface area contributed by atoms with Gasteiger partial charge in [-0.3, -0.25) is 0 Å². The van der Waals surface area contributed by atoms with Gasteiger partial charge in [0, 0.05) is 6.04 Å². The van der Waals surface area contributed by atoms with Crippen molar-refractivity contribution in [1.29, 1.82) is 0 Å². The highest BCUT2D eigenvalue weighted by atomic mass is 16.1. The first kappa shape index (κ1) is 11.8. The summed E-state index contributed by atoms with van der Waals surface area (Å²) in [5, 5.41) is 0. The number of hydrogen-bond acceptors (Lipinski definition) is 2. The predicted octanol–water partition coefficient (Wildman–Crippen LogP) is 2.30. The van der Waals surface area contributed by atoms with Crippen molar-refractivity contribution in [1.82, 2.24) is 0 Å². The summed E-state index contributed by atoms with van der Waals surface area (Å²) in [6.45, 7) is 5.04. The average molecular weight is 179 g/mol. The van der Waals surface area contributed by atoms with Gasteiger partial charge in [0.2, 0.25) is 0 Å². The zero-order chi connectivity index (χ0) is 10.3. The highest BCUT2D eigenvalue weighted by molar-refractivity contribution is 5.72. The fourth-order valence-corrected chi connectivity index (χ4v) is 0.757. The maximum atomic E-state index is 9.44. The summed E-state index contributed by atoms with van der Waals surface area (Å²) in [5.41, 5.74) is 6.81. The Labute approximate surface area is 79.8 Å². The molecule has 2 heteroatoms. The second-order valence-corrected chi connectivity index (χ2v) is 3.11. The van der Waals surface area contributed by atoms with E-state index in [1.807, 2.05) is 37.3 Å². The fourth-order valence-electron chi connectivity index (χ4n) is 0.757. The van der Waals surface area contributed by atoms with E-state index in [1.54, 1.807) is 0 Å². The SMILES string of the molecule is CC(C)=O.C[C@@H](N)c1ccccc1. The monoisotopic (exact) mass is 179 g/mol. The minimum atomic E-state index is 0.159. The molecule has 2 nitrogen and oxygen atoms in total. The number of hydrogen-bond donors (Lipinski definition) is 1. The highest BCUT2D eigenvalue weighted by Gasteiger charge is 1.93. The maximum Gasteiger partial charge on any atom is 0.126 e. The third-order valence-electron chi connectivity index (χ3n) is 1.33. The van der Waals surface area contributed by atoms with Gasteiger partial charge < -0.3 is 10.5 Å². The number of rotatable bonds is 1. The third kappa shape index (κ3) is 7.22. The van der Waals surface area contributed by atoms with Crippen LogP contribution in [0.1, 0.15) is 32.4 Å². The lowest BCUT2D eigenvalue weighted by Gasteiger charge is -2.02. The van der Waals surface area contributed by atoms with Crippen molar-refractivity contribution in [2.24, 2.45) is 5.73 Å². The van der Waals surface area contributed by atoms with Crippen LogP contribution in [0.25, 0.3) is 0 Å². The van der Waals surface area contributed by atoms with E-state index >= 15 is 0 Å². The molecule has 13 heavy (non-hydrogen) atoms. The van der Waals surface area contributed by atoms with Crippen molar-refractivity contribution in [3.05, 3.63) is 35.9 Å². The lowest BCUT2D eigenvalue weighted by molar-refractivity contribution is -0.114. The lowest BCUT2D eigenvalue weighted by Crippen LogP contribution is -2.03. The Morgan fingerprint density at radius 1 is 1.23 bits per heavy atom. The van der Waals surface area contributed by atoms with Gasteiger partial charge >= 0.3 is 0 Å². The van der Waals surface area contributed by atoms with Crippen molar-refractivity contribution < 1.29 is 4.79 Å². The molecule has 72 valence electrons. The first-order chi connectivity index (χ1) is 6.04. The molecule has 0 aliphatic heterocycles. The van der Waals surface area contributed by atoms with Gasteiger partial charge in [-0.15, -0.1) is 0 Å². The van der Waals surface area contributed by atoms with Crippen LogP contribution in [0.4, 0.5) is 0 Å². The topological polar surface area (TPSA) is 43.1 Å². The Kier molecular flexibility index (Phi) is 5.81. The third-order valence-corrected chi connectivity index (χ3v) is 1.33. The fraction of sp³-hybridized carbons (Fsp3) is 0.364. The Balaban J connectivity index is 0.000000310. The number of benzene rings is 1. The zero-order valence-electron chi connectivity index (χ0n) is 8.45. The molecule has 2 N–H and O–H groups in total. The van der Waals surface area contributed by atoms with Crippen molar-refractivity contribution in [2.45, 2.75) is 26.8 Å². The van der Waals surface area contributed by atoms with Crippen LogP contribution in [-0.2, 0) is 4.79 Å². The predicted molar refractivity (Wildman–Crippen MR) is 55.4 cm³/mol. The Morgan fingerprint density at radius 3 is 1.85 bits per heavy atom. The highest BCUT2D eigenvalue weighted by Crippen LogP contribution is 2.06. The second-order valence-electron chi connectivity index (χ2n) is 3.11. The van der Waals surface area contributed by atoms with Gasteiger partial charge in [0.05, 0.1) is 0 Å². The van der Waals surface area contributed by atoms with Crippen LogP contribution in [0.3, 0.4) is 0 Å². The van der Waals surface area contributed by atoms with Crippen LogP contribution >= 0.6 is 0 Å². The van der Waals surface area contributed by atoms with Crippen molar-refractivity contribution >= 4 is 5.78 Å². The lowest BCUT2D eigenvalue weighted by atomic mass is 10.1. The molecule has 0 amide bonds. The molecule has 1 aromatic rings. The van der Waals surface area contributed by atoms with E-state index in [0.717, 1.165) is 0 Å². The van der Waals surface area contributed by atoms with Gasteiger partial charge in [0.25, 0.3) is 0 Å². The van der Waals surface area contributed by atoms with Crippen LogP contribution in [0, 0.1) is 0 Å². The Hall–Kier alpha value is -1.15. The van der Waals surface area contributed by atoms with Gasteiger partial charge in [-0.1, -0.05) is 30.3 Å². The molecule has 0 aliphatic rings. The molecule has 0 aromatic heterocycles. The van der Waals surface area contributed by atoms with Crippen LogP contribution in [0.15, 0.2) is 30.3 Å². The van der Waals surface area contributed by atoms with Crippen LogP contribution < -0.4 is 5.73 Å². The van der Waals surface area contributed by atoms with Gasteiger partial charge in [-0.25, -0.2) is 0 Å². The second kappa shape index (κ2) is 6.38. The van der Waals surface area contributed by atoms with E-state index in [9.17, 15) is 4.79 Å². The number of carbonyl (C=O) groups excluding carboxylic acids is 1. The Bertz CT molecular complexity index is 238. The van der Waals surface area contributed by atoms with Crippen molar-refractivity contribution in [3.8, 4) is 0 Å². The standard InChI is InChI=1S/C8H11N.C3H6O/c1-7(9)8-5-3-2-4-6-8;1-3(2)4/h2-7H,9H2,1H3;1-2H3/t7-;/m1./s1. The molecule has 0 spiro atoms. The minimum Gasteiger partial charge on any atom is -0.324 e. The molecular weight excluding hydrogens is 162 g/mol. The smallest absolute Gasteiger partial charge is 0.126 e. The van der Waals surface area contributed by atoms with Crippen LogP contribution in [0.5, 0.6) is 0 Å². The number of nitrogens with two attached hydrogens (primary N) is 1. The van der Waals surface area contributed by atoms with Crippen LogP contribution in [-0.4, -0.2) is 5.78 Å². The summed E-state index contributed by atoms with van der Waals surface area (Å²) < 4.78 is 0. The normalized spacial score (nSPS) is 11.1. The van der Waals surface area contributed by atoms with E-state index in [-0.39, 0.29) is 11.8 Å². The van der Waals surface area contributed by atoms with Crippen molar-refractivity contribution in [3.63, 3.8) is 0 Å². The number of ketones is 1. The minimum absolute atomic E-state index is 0.159. The molecule has 0 saturated carbocycles. The largest absolute Gasteiger partial charge is 0.324 e. The number of Topliss-reactive ketones (excluding diaryl/α,β-unsaturated/α-hetero) is 1. The van der Waals surface area contributed by atoms with E-state index < -0.39 is 0 Å². The van der Waals surface area contributed by atoms with Gasteiger partial charge in [0.15, 0.2) is 0 Å². The molecule has 0 fully saturated rings. The van der Waals surface area contributed by atoms with E-state index in [1.165, 1.54) is 19.4 Å². The van der Waals surface area contributed by atoms with Gasteiger partial charge in [-0.05, 0) is 26.3 Å². The quantitative estimate of drug-likeness (QED) is 0.718. The van der Waals surface area contributed by atoms with Gasteiger partial charge in [0.1, 0.15) is 5.78 Å². The molecule has 0 saturated heterocycles. The Morgan fingerprint density at radius 2 is 1.62 bits per heavy atom. The molecule has 0 radical (unpaired) electrons. The maximum absolute atomic E-state index is 9.44. The summed E-state index contributed by atoms with van der Waals surface area (Å²) >= 11 is 0. The average Bonchev–Trinajstić information content (AvgIpc) is 2.05. The molecule has 0 heterocycles. The molecule has 0 aliphatic carbocycles. The molecule has 1 aromatic carbocycles. The summed E-state index contributed by atoms with van der Waals surface area (Å²) in [4.78, 5) is 9.44. The molecular formula is C11H17NO. The summed E-state index contributed by atoms with van der Waals surface area (Å²) in [6, 6.07) is 10.2. The van der Waals surface area contributed by atoms with Crippen molar-refractivity contribution in [2.75, 3.05) is 0 Å². The van der Waals surface area contributed by atoms with E-state index in [2.05, 4.69) is 0 Å².